The summed E-state index contributed by atoms with van der Waals surface area (Å²) in [5, 5.41) is 20.9. The summed E-state index contributed by atoms with van der Waals surface area (Å²) >= 11 is 11.9. The molecule has 6 N–H and O–H groups in total. The molecule has 2 aromatic rings. The lowest BCUT2D eigenvalue weighted by Gasteiger charge is -2.19. The van der Waals surface area contributed by atoms with E-state index in [1.54, 1.807) is 0 Å². The van der Waals surface area contributed by atoms with Crippen LogP contribution in [0.1, 0.15) is 6.23 Å². The van der Waals surface area contributed by atoms with E-state index >= 15 is 0 Å². The van der Waals surface area contributed by atoms with Crippen LogP contribution >= 0.6 is 46.7 Å². The fourth-order valence-electron chi connectivity index (χ4n) is 2.79. The SMILES string of the molecule is O=P(O)(O)OP(=O)(O)OP(=O)(O)OC[C@H]1O[C@@H](n2cnc3cc(Cl)c(Cl)cc32)[C@H](O)[C@@H]1O. The van der Waals surface area contributed by atoms with E-state index in [0.717, 1.165) is 0 Å². The Morgan fingerprint density at radius 3 is 2.25 bits per heavy atom. The fourth-order valence-corrected chi connectivity index (χ4v) is 6.14. The van der Waals surface area contributed by atoms with Gasteiger partial charge in [0.25, 0.3) is 0 Å². The van der Waals surface area contributed by atoms with E-state index in [2.05, 4.69) is 18.1 Å². The van der Waals surface area contributed by atoms with Gasteiger partial charge in [-0.05, 0) is 12.1 Å². The molecule has 3 rings (SSSR count). The molecule has 180 valence electrons. The van der Waals surface area contributed by atoms with Crippen molar-refractivity contribution in [3.05, 3.63) is 28.5 Å². The van der Waals surface area contributed by atoms with Gasteiger partial charge in [0, 0.05) is 0 Å². The zero-order valence-electron chi connectivity index (χ0n) is 15.3. The van der Waals surface area contributed by atoms with Crippen LogP contribution in [0.3, 0.4) is 0 Å². The van der Waals surface area contributed by atoms with Crippen molar-refractivity contribution in [2.24, 2.45) is 0 Å². The molecule has 0 radical (unpaired) electrons. The van der Waals surface area contributed by atoms with Gasteiger partial charge in [-0.2, -0.15) is 8.62 Å². The molecule has 1 fully saturated rings. The van der Waals surface area contributed by atoms with Crippen molar-refractivity contribution < 1.29 is 61.4 Å². The normalized spacial score (nSPS) is 28.0. The number of nitrogens with zero attached hydrogens (tertiary/aromatic N) is 2. The minimum absolute atomic E-state index is 0.179. The minimum Gasteiger partial charge on any atom is -0.387 e. The third-order valence-electron chi connectivity index (χ3n) is 4.05. The van der Waals surface area contributed by atoms with Crippen LogP contribution in [0.15, 0.2) is 18.5 Å². The molecule has 1 aliphatic heterocycles. The molecule has 1 aromatic heterocycles. The van der Waals surface area contributed by atoms with Gasteiger partial charge in [-0.1, -0.05) is 23.2 Å². The number of aliphatic hydroxyl groups is 2. The Kier molecular flexibility index (Phi) is 7.61. The number of halogens is 2. The first-order valence-electron chi connectivity index (χ1n) is 8.20. The first kappa shape index (κ1) is 26.2. The molecule has 0 saturated carbocycles. The van der Waals surface area contributed by atoms with Crippen LogP contribution in [-0.4, -0.2) is 64.3 Å². The molecule has 20 heteroatoms. The van der Waals surface area contributed by atoms with Crippen LogP contribution in [0.25, 0.3) is 11.0 Å². The highest BCUT2D eigenvalue weighted by Gasteiger charge is 2.46. The number of benzene rings is 1. The quantitative estimate of drug-likeness (QED) is 0.251. The van der Waals surface area contributed by atoms with Gasteiger partial charge in [0.2, 0.25) is 0 Å². The molecule has 32 heavy (non-hydrogen) atoms. The van der Waals surface area contributed by atoms with E-state index in [1.165, 1.54) is 23.0 Å². The second-order valence-corrected chi connectivity index (χ2v) is 11.6. The standard InChI is InChI=1S/C12H15Cl2N2O13P3/c13-5-1-7-8(2-6(5)14)16(4-15-7)12-11(18)10(17)9(27-12)3-26-31(22,23)29-32(24,25)28-30(19,20)21/h1-2,4,9-12,17-18H,3H2,(H,22,23)(H,24,25)(H2,19,20,21)/t9-,10-,11-,12-/m1/s1. The smallest absolute Gasteiger partial charge is 0.387 e. The summed E-state index contributed by atoms with van der Waals surface area (Å²) in [7, 11) is -16.7. The number of ether oxygens (including phenoxy) is 1. The monoisotopic (exact) mass is 558 g/mol. The van der Waals surface area contributed by atoms with Crippen LogP contribution < -0.4 is 0 Å². The Labute approximate surface area is 188 Å². The Morgan fingerprint density at radius 1 is 1.00 bits per heavy atom. The summed E-state index contributed by atoms with van der Waals surface area (Å²) in [5.74, 6) is 0. The zero-order chi connectivity index (χ0) is 24.1. The lowest BCUT2D eigenvalue weighted by Crippen LogP contribution is -2.33. The highest BCUT2D eigenvalue weighted by molar-refractivity contribution is 7.66. The van der Waals surface area contributed by atoms with E-state index in [9.17, 15) is 28.8 Å². The number of aliphatic hydroxyl groups excluding tert-OH is 2. The molecule has 0 spiro atoms. The first-order valence-corrected chi connectivity index (χ1v) is 13.5. The summed E-state index contributed by atoms with van der Waals surface area (Å²) in [4.78, 5) is 39.7. The van der Waals surface area contributed by atoms with Crippen molar-refractivity contribution in [3.63, 3.8) is 0 Å². The number of aromatic nitrogens is 2. The molecule has 0 bridgehead atoms. The summed E-state index contributed by atoms with van der Waals surface area (Å²) in [5.41, 5.74) is 0.769. The van der Waals surface area contributed by atoms with E-state index in [4.69, 9.17) is 42.6 Å². The van der Waals surface area contributed by atoms with E-state index in [-0.39, 0.29) is 10.0 Å². The van der Waals surface area contributed by atoms with Crippen LogP contribution in [0.2, 0.25) is 10.0 Å². The molecule has 0 aliphatic carbocycles. The summed E-state index contributed by atoms with van der Waals surface area (Å²) < 4.78 is 52.2. The van der Waals surface area contributed by atoms with Gasteiger partial charge in [0.05, 0.1) is 34.0 Å². The average molecular weight is 559 g/mol. The Balaban J connectivity index is 1.71. The second kappa shape index (κ2) is 9.31. The van der Waals surface area contributed by atoms with E-state index < -0.39 is 54.6 Å². The molecule has 0 amide bonds. The topological polar surface area (TPSA) is 227 Å². The van der Waals surface area contributed by atoms with Gasteiger partial charge in [0.15, 0.2) is 6.23 Å². The number of phosphoric acid groups is 3. The zero-order valence-corrected chi connectivity index (χ0v) is 19.5. The Bertz CT molecular complexity index is 1150. The third kappa shape index (κ3) is 6.16. The molecule has 1 saturated heterocycles. The lowest BCUT2D eigenvalue weighted by atomic mass is 10.1. The van der Waals surface area contributed by atoms with Gasteiger partial charge < -0.3 is 39.1 Å². The van der Waals surface area contributed by atoms with Gasteiger partial charge in [0.1, 0.15) is 18.3 Å². The predicted octanol–water partition coefficient (Wildman–Crippen LogP) is 1.31. The molecule has 1 aliphatic rings. The highest BCUT2D eigenvalue weighted by atomic mass is 35.5. The number of hydrogen-bond acceptors (Lipinski definition) is 10. The average Bonchev–Trinajstić information content (AvgIpc) is 3.12. The summed E-state index contributed by atoms with van der Waals surface area (Å²) in [6.07, 6.45) is -4.66. The maximum Gasteiger partial charge on any atom is 0.490 e. The molecule has 1 aromatic carbocycles. The number of hydrogen-bond donors (Lipinski definition) is 6. The van der Waals surface area contributed by atoms with Crippen molar-refractivity contribution in [1.29, 1.82) is 0 Å². The molecule has 15 nitrogen and oxygen atoms in total. The van der Waals surface area contributed by atoms with Crippen molar-refractivity contribution >= 4 is 57.7 Å². The van der Waals surface area contributed by atoms with Crippen molar-refractivity contribution in [1.82, 2.24) is 9.55 Å². The lowest BCUT2D eigenvalue weighted by molar-refractivity contribution is -0.0501. The minimum atomic E-state index is -5.70. The van der Waals surface area contributed by atoms with Crippen LogP contribution in [0.4, 0.5) is 0 Å². The van der Waals surface area contributed by atoms with E-state index in [1.807, 2.05) is 0 Å². The highest BCUT2D eigenvalue weighted by Crippen LogP contribution is 2.66. The molecule has 2 heterocycles. The van der Waals surface area contributed by atoms with Crippen molar-refractivity contribution in [2.45, 2.75) is 24.5 Å². The van der Waals surface area contributed by atoms with Gasteiger partial charge in [-0.3, -0.25) is 4.52 Å². The molecule has 2 unspecified atom stereocenters. The molecular formula is C12H15Cl2N2O13P3. The predicted molar refractivity (Wildman–Crippen MR) is 105 cm³/mol. The number of fused-ring (bicyclic) bond motifs is 1. The van der Waals surface area contributed by atoms with Gasteiger partial charge in [-0.25, -0.2) is 18.7 Å². The van der Waals surface area contributed by atoms with Crippen molar-refractivity contribution in [3.8, 4) is 0 Å². The third-order valence-corrected chi connectivity index (χ3v) is 8.57. The Hall–Kier alpha value is -0.440. The number of phosphoric ester groups is 1. The van der Waals surface area contributed by atoms with Gasteiger partial charge in [-0.15, -0.1) is 0 Å². The van der Waals surface area contributed by atoms with Crippen LogP contribution in [0, 0.1) is 0 Å². The number of imidazole rings is 1. The fraction of sp³-hybridized carbons (Fsp3) is 0.417. The Morgan fingerprint density at radius 2 is 1.62 bits per heavy atom. The largest absolute Gasteiger partial charge is 0.490 e. The van der Waals surface area contributed by atoms with Crippen LogP contribution in [0.5, 0.6) is 0 Å². The van der Waals surface area contributed by atoms with E-state index in [0.29, 0.717) is 11.0 Å². The van der Waals surface area contributed by atoms with Crippen molar-refractivity contribution in [2.75, 3.05) is 6.61 Å². The maximum absolute atomic E-state index is 11.8. The first-order chi connectivity index (χ1) is 14.6. The van der Waals surface area contributed by atoms with Gasteiger partial charge >= 0.3 is 23.5 Å². The summed E-state index contributed by atoms with van der Waals surface area (Å²) in [6, 6.07) is 2.90. The molecule has 6 atom stereocenters. The molecular weight excluding hydrogens is 544 g/mol. The van der Waals surface area contributed by atoms with Crippen LogP contribution in [-0.2, 0) is 31.6 Å². The number of rotatable bonds is 8. The second-order valence-electron chi connectivity index (χ2n) is 6.34. The maximum atomic E-state index is 11.8. The summed E-state index contributed by atoms with van der Waals surface area (Å²) in [6.45, 7) is -0.947.